The van der Waals surface area contributed by atoms with Gasteiger partial charge in [0, 0.05) is 18.3 Å². The van der Waals surface area contributed by atoms with E-state index < -0.39 is 11.7 Å². The van der Waals surface area contributed by atoms with E-state index in [9.17, 15) is 9.59 Å². The van der Waals surface area contributed by atoms with Crippen molar-refractivity contribution in [3.05, 3.63) is 35.0 Å². The molecule has 106 valence electrons. The molecular weight excluding hydrogens is 262 g/mol. The zero-order valence-electron chi connectivity index (χ0n) is 11.4. The largest absolute Gasteiger partial charge is 0.444 e. The van der Waals surface area contributed by atoms with Crippen LogP contribution in [0, 0.1) is 0 Å². The van der Waals surface area contributed by atoms with Gasteiger partial charge in [0.2, 0.25) is 0 Å². The zero-order valence-corrected chi connectivity index (χ0v) is 11.4. The molecule has 2 rings (SSSR count). The predicted octanol–water partition coefficient (Wildman–Crippen LogP) is 1.30. The topological polar surface area (TPSA) is 102 Å². The van der Waals surface area contributed by atoms with Crippen LogP contribution in [0.2, 0.25) is 0 Å². The summed E-state index contributed by atoms with van der Waals surface area (Å²) in [5, 5.41) is 5.03. The molecule has 1 amide bonds. The van der Waals surface area contributed by atoms with Gasteiger partial charge < -0.3 is 4.74 Å². The van der Waals surface area contributed by atoms with E-state index in [1.165, 1.54) is 23.3 Å². The van der Waals surface area contributed by atoms with E-state index in [1.807, 2.05) is 0 Å². The summed E-state index contributed by atoms with van der Waals surface area (Å²) < 4.78 is 6.47. The van der Waals surface area contributed by atoms with Crippen LogP contribution in [0.4, 0.5) is 10.6 Å². The molecule has 0 atom stereocenters. The van der Waals surface area contributed by atoms with E-state index in [4.69, 9.17) is 4.74 Å². The highest BCUT2D eigenvalue weighted by Gasteiger charge is 2.18. The highest BCUT2D eigenvalue weighted by atomic mass is 16.6. The summed E-state index contributed by atoms with van der Waals surface area (Å²) in [6.45, 7) is 5.25. The molecule has 0 fully saturated rings. The molecule has 0 aliphatic heterocycles. The Morgan fingerprint density at radius 3 is 2.80 bits per heavy atom. The molecule has 0 aliphatic carbocycles. The lowest BCUT2D eigenvalue weighted by molar-refractivity contribution is 0.0635. The first kappa shape index (κ1) is 13.8. The number of hydrogen-bond acceptors (Lipinski definition) is 5. The smallest absolute Gasteiger partial charge is 0.413 e. The van der Waals surface area contributed by atoms with Gasteiger partial charge in [-0.2, -0.15) is 0 Å². The first-order valence-corrected chi connectivity index (χ1v) is 5.93. The highest BCUT2D eigenvalue weighted by molar-refractivity contribution is 5.84. The third-order valence-corrected chi connectivity index (χ3v) is 2.16. The number of carbonyl (C=O) groups excluding carboxylic acids is 1. The average molecular weight is 277 g/mol. The number of aromatic nitrogens is 4. The summed E-state index contributed by atoms with van der Waals surface area (Å²) in [5.41, 5.74) is -0.991. The molecule has 2 aromatic heterocycles. The van der Waals surface area contributed by atoms with Crippen molar-refractivity contribution in [2.75, 3.05) is 5.32 Å². The molecule has 20 heavy (non-hydrogen) atoms. The number of aromatic amines is 1. The van der Waals surface area contributed by atoms with Crippen LogP contribution >= 0.6 is 0 Å². The van der Waals surface area contributed by atoms with Gasteiger partial charge >= 0.3 is 6.09 Å². The van der Waals surface area contributed by atoms with Crippen LogP contribution in [0.5, 0.6) is 0 Å². The standard InChI is InChI=1S/C12H15N5O3/c1-12(2,3)20-11(19)15-9-6-10(18)16-17(9)8-4-5-13-7-14-8/h4-7H,1-3H3,(H,15,19)(H,16,18). The molecule has 0 radical (unpaired) electrons. The van der Waals surface area contributed by atoms with Crippen LogP contribution in [0.1, 0.15) is 20.8 Å². The van der Waals surface area contributed by atoms with Crippen molar-refractivity contribution >= 4 is 11.9 Å². The Bertz CT molecular complexity index is 654. The van der Waals surface area contributed by atoms with Crippen LogP contribution < -0.4 is 10.9 Å². The van der Waals surface area contributed by atoms with Crippen molar-refractivity contribution in [3.63, 3.8) is 0 Å². The Balaban J connectivity index is 2.25. The molecule has 0 saturated carbocycles. The number of H-pyrrole nitrogens is 1. The van der Waals surface area contributed by atoms with Crippen LogP contribution in [0.15, 0.2) is 29.5 Å². The zero-order chi connectivity index (χ0) is 14.8. The number of anilines is 1. The average Bonchev–Trinajstić information content (AvgIpc) is 2.68. The molecular formula is C12H15N5O3. The second kappa shape index (κ2) is 5.16. The third kappa shape index (κ3) is 3.44. The number of nitrogens with one attached hydrogen (secondary N) is 2. The quantitative estimate of drug-likeness (QED) is 0.861. The monoisotopic (exact) mass is 277 g/mol. The van der Waals surface area contributed by atoms with Crippen LogP contribution in [-0.2, 0) is 4.74 Å². The Kier molecular flexibility index (Phi) is 3.55. The van der Waals surface area contributed by atoms with Gasteiger partial charge in [-0.1, -0.05) is 0 Å². The van der Waals surface area contributed by atoms with Gasteiger partial charge in [0.05, 0.1) is 0 Å². The van der Waals surface area contributed by atoms with Gasteiger partial charge in [-0.25, -0.2) is 19.4 Å². The molecule has 0 spiro atoms. The summed E-state index contributed by atoms with van der Waals surface area (Å²) >= 11 is 0. The normalized spacial score (nSPS) is 11.2. The number of rotatable bonds is 2. The van der Waals surface area contributed by atoms with E-state index in [1.54, 1.807) is 26.8 Å². The number of ether oxygens (including phenoxy) is 1. The molecule has 8 heteroatoms. The molecule has 2 aromatic rings. The van der Waals surface area contributed by atoms with Crippen molar-refractivity contribution in [2.24, 2.45) is 0 Å². The minimum atomic E-state index is -0.653. The highest BCUT2D eigenvalue weighted by Crippen LogP contribution is 2.12. The minimum absolute atomic E-state index is 0.239. The summed E-state index contributed by atoms with van der Waals surface area (Å²) in [6, 6.07) is 2.84. The molecule has 0 aromatic carbocycles. The first-order chi connectivity index (χ1) is 9.35. The van der Waals surface area contributed by atoms with E-state index in [0.717, 1.165) is 0 Å². The Labute approximate surface area is 114 Å². The summed E-state index contributed by atoms with van der Waals surface area (Å²) in [7, 11) is 0. The molecule has 2 N–H and O–H groups in total. The third-order valence-electron chi connectivity index (χ3n) is 2.16. The van der Waals surface area contributed by atoms with Gasteiger partial charge in [0.15, 0.2) is 5.82 Å². The van der Waals surface area contributed by atoms with Crippen molar-refractivity contribution in [2.45, 2.75) is 26.4 Å². The fraction of sp³-hybridized carbons (Fsp3) is 0.333. The summed E-state index contributed by atoms with van der Waals surface area (Å²) in [4.78, 5) is 30.9. The molecule has 0 aliphatic rings. The van der Waals surface area contributed by atoms with Crippen molar-refractivity contribution in [1.82, 2.24) is 19.7 Å². The van der Waals surface area contributed by atoms with Gasteiger partial charge in [-0.3, -0.25) is 15.2 Å². The summed E-state index contributed by atoms with van der Waals surface area (Å²) in [5.74, 6) is 0.663. The second-order valence-electron chi connectivity index (χ2n) is 5.04. The SMILES string of the molecule is CC(C)(C)OC(=O)Nc1cc(=O)[nH]n1-c1ccncn1. The van der Waals surface area contributed by atoms with E-state index in [0.29, 0.717) is 5.82 Å². The van der Waals surface area contributed by atoms with Gasteiger partial charge in [-0.05, 0) is 20.8 Å². The van der Waals surface area contributed by atoms with E-state index in [-0.39, 0.29) is 11.4 Å². The van der Waals surface area contributed by atoms with Gasteiger partial charge in [-0.15, -0.1) is 0 Å². The van der Waals surface area contributed by atoms with E-state index >= 15 is 0 Å². The van der Waals surface area contributed by atoms with Crippen molar-refractivity contribution < 1.29 is 9.53 Å². The predicted molar refractivity (Wildman–Crippen MR) is 71.8 cm³/mol. The lowest BCUT2D eigenvalue weighted by Crippen LogP contribution is -2.28. The Hall–Kier alpha value is -2.64. The van der Waals surface area contributed by atoms with E-state index in [2.05, 4.69) is 20.4 Å². The Morgan fingerprint density at radius 2 is 2.20 bits per heavy atom. The van der Waals surface area contributed by atoms with Gasteiger partial charge in [0.25, 0.3) is 5.56 Å². The lowest BCUT2D eigenvalue weighted by Gasteiger charge is -2.19. The number of amides is 1. The first-order valence-electron chi connectivity index (χ1n) is 5.93. The summed E-state index contributed by atoms with van der Waals surface area (Å²) in [6.07, 6.45) is 2.21. The van der Waals surface area contributed by atoms with Crippen LogP contribution in [-0.4, -0.2) is 31.4 Å². The molecule has 0 unspecified atom stereocenters. The van der Waals surface area contributed by atoms with Crippen molar-refractivity contribution in [3.8, 4) is 5.82 Å². The second-order valence-corrected chi connectivity index (χ2v) is 5.04. The molecule has 0 bridgehead atoms. The molecule has 0 saturated heterocycles. The van der Waals surface area contributed by atoms with Gasteiger partial charge in [0.1, 0.15) is 17.7 Å². The Morgan fingerprint density at radius 1 is 1.45 bits per heavy atom. The fourth-order valence-corrected chi connectivity index (χ4v) is 1.49. The van der Waals surface area contributed by atoms with Crippen molar-refractivity contribution in [1.29, 1.82) is 0 Å². The lowest BCUT2D eigenvalue weighted by atomic mass is 10.2. The maximum Gasteiger partial charge on any atom is 0.413 e. The molecule has 8 nitrogen and oxygen atoms in total. The molecule has 2 heterocycles. The maximum absolute atomic E-state index is 11.7. The number of hydrogen-bond donors (Lipinski definition) is 2. The fourth-order valence-electron chi connectivity index (χ4n) is 1.49. The number of nitrogens with zero attached hydrogens (tertiary/aromatic N) is 3. The minimum Gasteiger partial charge on any atom is -0.444 e. The number of carbonyl (C=O) groups is 1. The maximum atomic E-state index is 11.7. The van der Waals surface area contributed by atoms with Crippen LogP contribution in [0.3, 0.4) is 0 Å². The van der Waals surface area contributed by atoms with Crippen LogP contribution in [0.25, 0.3) is 5.82 Å².